The van der Waals surface area contributed by atoms with Crippen molar-refractivity contribution < 1.29 is 13.2 Å². The van der Waals surface area contributed by atoms with Crippen molar-refractivity contribution >= 4 is 15.9 Å². The summed E-state index contributed by atoms with van der Waals surface area (Å²) in [4.78, 5) is 11.3. The second-order valence-electron chi connectivity index (χ2n) is 3.59. The molecule has 0 aliphatic carbocycles. The summed E-state index contributed by atoms with van der Waals surface area (Å²) in [5, 5.41) is 7.31. The predicted octanol–water partition coefficient (Wildman–Crippen LogP) is -0.167. The highest BCUT2D eigenvalue weighted by Crippen LogP contribution is 1.94. The van der Waals surface area contributed by atoms with Gasteiger partial charge in [0.05, 0.1) is 5.75 Å². The number of primary sulfonamides is 1. The number of rotatable bonds is 4. The Morgan fingerprint density at radius 2 is 1.94 bits per heavy atom. The molecule has 0 saturated carbocycles. The molecule has 5 nitrogen and oxygen atoms in total. The fourth-order valence-corrected chi connectivity index (χ4v) is 1.72. The maximum Gasteiger partial charge on any atom is 0.296 e. The van der Waals surface area contributed by atoms with Crippen LogP contribution < -0.4 is 10.5 Å². The lowest BCUT2D eigenvalue weighted by Crippen LogP contribution is -2.26. The van der Waals surface area contributed by atoms with Crippen molar-refractivity contribution in [1.29, 1.82) is 0 Å². The molecule has 0 bridgehead atoms. The van der Waals surface area contributed by atoms with Crippen LogP contribution in [0.3, 0.4) is 0 Å². The number of hydrogen-bond acceptors (Lipinski definition) is 3. The first kappa shape index (κ1) is 14.2. The summed E-state index contributed by atoms with van der Waals surface area (Å²) in [6.07, 6.45) is 0.275. The van der Waals surface area contributed by atoms with Gasteiger partial charge in [0.15, 0.2) is 0 Å². The first-order valence-corrected chi connectivity index (χ1v) is 7.04. The fourth-order valence-electron chi connectivity index (χ4n) is 1.17. The molecule has 0 heterocycles. The Morgan fingerprint density at radius 1 is 1.28 bits per heavy atom. The minimum Gasteiger partial charge on any atom is -0.345 e. The number of carbonyl (C=O) groups excluding carboxylic acids is 1. The number of nitrogens with one attached hydrogen (secondary N) is 1. The molecular weight excluding hydrogens is 252 g/mol. The normalized spacial score (nSPS) is 10.3. The van der Waals surface area contributed by atoms with Crippen molar-refractivity contribution in [2.45, 2.75) is 6.42 Å². The number of sulfonamides is 1. The van der Waals surface area contributed by atoms with Gasteiger partial charge in [-0.2, -0.15) is 0 Å². The van der Waals surface area contributed by atoms with Crippen LogP contribution in [0, 0.1) is 11.8 Å². The molecule has 1 rings (SSSR count). The van der Waals surface area contributed by atoms with Crippen LogP contribution in [0.2, 0.25) is 0 Å². The SMILES string of the molecule is NS(=O)(=O)CCCNC(=O)C#Cc1ccccc1. The Balaban J connectivity index is 2.33. The number of amides is 1. The maximum atomic E-state index is 11.3. The maximum absolute atomic E-state index is 11.3. The molecule has 0 atom stereocenters. The summed E-state index contributed by atoms with van der Waals surface area (Å²) in [5.41, 5.74) is 0.747. The van der Waals surface area contributed by atoms with Gasteiger partial charge in [-0.3, -0.25) is 4.79 Å². The van der Waals surface area contributed by atoms with E-state index in [1.165, 1.54) is 0 Å². The van der Waals surface area contributed by atoms with Gasteiger partial charge in [-0.05, 0) is 18.6 Å². The van der Waals surface area contributed by atoms with Crippen LogP contribution in [0.1, 0.15) is 12.0 Å². The second-order valence-corrected chi connectivity index (χ2v) is 5.33. The van der Waals surface area contributed by atoms with Crippen LogP contribution in [-0.2, 0) is 14.8 Å². The van der Waals surface area contributed by atoms with Gasteiger partial charge < -0.3 is 5.32 Å². The summed E-state index contributed by atoms with van der Waals surface area (Å²) in [6, 6.07) is 9.10. The molecule has 0 unspecified atom stereocenters. The minimum absolute atomic E-state index is 0.153. The van der Waals surface area contributed by atoms with Crippen molar-refractivity contribution in [3.8, 4) is 11.8 Å². The standard InChI is InChI=1S/C12H14N2O3S/c13-18(16,17)10-4-9-14-12(15)8-7-11-5-2-1-3-6-11/h1-3,5-6H,4,9-10H2,(H,14,15)(H2,13,16,17). The summed E-state index contributed by atoms with van der Waals surface area (Å²) in [6.45, 7) is 0.235. The van der Waals surface area contributed by atoms with E-state index in [1.807, 2.05) is 18.2 Å². The zero-order valence-electron chi connectivity index (χ0n) is 9.72. The van der Waals surface area contributed by atoms with Crippen molar-refractivity contribution in [2.75, 3.05) is 12.3 Å². The van der Waals surface area contributed by atoms with Crippen molar-refractivity contribution in [3.05, 3.63) is 35.9 Å². The Hall–Kier alpha value is -1.84. The topological polar surface area (TPSA) is 89.3 Å². The molecule has 96 valence electrons. The minimum atomic E-state index is -3.46. The van der Waals surface area contributed by atoms with Crippen LogP contribution in [0.5, 0.6) is 0 Å². The van der Waals surface area contributed by atoms with Gasteiger partial charge in [0.1, 0.15) is 0 Å². The molecule has 3 N–H and O–H groups in total. The molecule has 0 aromatic heterocycles. The Labute approximate surface area is 106 Å². The molecule has 0 aliphatic rings. The Morgan fingerprint density at radius 3 is 2.56 bits per heavy atom. The van der Waals surface area contributed by atoms with Gasteiger partial charge in [-0.25, -0.2) is 13.6 Å². The van der Waals surface area contributed by atoms with Gasteiger partial charge in [0.25, 0.3) is 5.91 Å². The average Bonchev–Trinajstić information content (AvgIpc) is 2.32. The van der Waals surface area contributed by atoms with Crippen LogP contribution in [0.15, 0.2) is 30.3 Å². The van der Waals surface area contributed by atoms with E-state index >= 15 is 0 Å². The lowest BCUT2D eigenvalue weighted by Gasteiger charge is -1.99. The van der Waals surface area contributed by atoms with Crippen LogP contribution >= 0.6 is 0 Å². The third-order valence-electron chi connectivity index (χ3n) is 1.99. The van der Waals surface area contributed by atoms with E-state index in [0.29, 0.717) is 0 Å². The second kappa shape index (κ2) is 6.79. The summed E-state index contributed by atoms with van der Waals surface area (Å²) >= 11 is 0. The molecule has 0 fully saturated rings. The fraction of sp³-hybridized carbons (Fsp3) is 0.250. The van der Waals surface area contributed by atoms with Gasteiger partial charge in [0, 0.05) is 18.0 Å². The monoisotopic (exact) mass is 266 g/mol. The first-order valence-electron chi connectivity index (χ1n) is 5.33. The quantitative estimate of drug-likeness (QED) is 0.586. The molecule has 0 spiro atoms. The molecule has 0 saturated heterocycles. The molecule has 6 heteroatoms. The highest BCUT2D eigenvalue weighted by molar-refractivity contribution is 7.89. The molecule has 1 amide bonds. The Bertz CT molecular complexity index is 556. The molecule has 0 aliphatic heterocycles. The van der Waals surface area contributed by atoms with Gasteiger partial charge in [0.2, 0.25) is 10.0 Å². The summed E-state index contributed by atoms with van der Waals surface area (Å²) in [7, 11) is -3.46. The van der Waals surface area contributed by atoms with Crippen molar-refractivity contribution in [1.82, 2.24) is 5.32 Å². The lowest BCUT2D eigenvalue weighted by molar-refractivity contribution is -0.115. The molecule has 1 aromatic rings. The third kappa shape index (κ3) is 6.68. The van der Waals surface area contributed by atoms with Crippen molar-refractivity contribution in [3.63, 3.8) is 0 Å². The number of benzene rings is 1. The van der Waals surface area contributed by atoms with Crippen molar-refractivity contribution in [2.24, 2.45) is 5.14 Å². The highest BCUT2D eigenvalue weighted by Gasteiger charge is 2.02. The first-order chi connectivity index (χ1) is 8.47. The van der Waals surface area contributed by atoms with Gasteiger partial charge in [-0.15, -0.1) is 0 Å². The van der Waals surface area contributed by atoms with E-state index in [-0.39, 0.29) is 18.7 Å². The van der Waals surface area contributed by atoms with E-state index < -0.39 is 15.9 Å². The van der Waals surface area contributed by atoms with E-state index in [9.17, 15) is 13.2 Å². The zero-order valence-corrected chi connectivity index (χ0v) is 10.5. The third-order valence-corrected chi connectivity index (χ3v) is 2.84. The van der Waals surface area contributed by atoms with E-state index in [4.69, 9.17) is 5.14 Å². The van der Waals surface area contributed by atoms with Gasteiger partial charge in [-0.1, -0.05) is 24.1 Å². The van der Waals surface area contributed by atoms with Crippen LogP contribution in [0.25, 0.3) is 0 Å². The molecular formula is C12H14N2O3S. The van der Waals surface area contributed by atoms with Gasteiger partial charge >= 0.3 is 0 Å². The summed E-state index contributed by atoms with van der Waals surface area (Å²) < 4.78 is 21.2. The average molecular weight is 266 g/mol. The molecule has 0 radical (unpaired) electrons. The van der Waals surface area contributed by atoms with E-state index in [0.717, 1.165) is 5.56 Å². The summed E-state index contributed by atoms with van der Waals surface area (Å²) in [5.74, 6) is 4.52. The number of carbonyl (C=O) groups is 1. The van der Waals surface area contributed by atoms with E-state index in [1.54, 1.807) is 12.1 Å². The largest absolute Gasteiger partial charge is 0.345 e. The van der Waals surface area contributed by atoms with Crippen LogP contribution in [0.4, 0.5) is 0 Å². The Kier molecular flexibility index (Phi) is 5.36. The number of nitrogens with two attached hydrogens (primary N) is 1. The van der Waals surface area contributed by atoms with E-state index in [2.05, 4.69) is 17.2 Å². The molecule has 1 aromatic carbocycles. The van der Waals surface area contributed by atoms with Crippen LogP contribution in [-0.4, -0.2) is 26.6 Å². The lowest BCUT2D eigenvalue weighted by atomic mass is 10.2. The number of hydrogen-bond donors (Lipinski definition) is 2. The molecule has 18 heavy (non-hydrogen) atoms. The zero-order chi connectivity index (χ0) is 13.4. The highest BCUT2D eigenvalue weighted by atomic mass is 32.2. The predicted molar refractivity (Wildman–Crippen MR) is 68.9 cm³/mol. The smallest absolute Gasteiger partial charge is 0.296 e.